The number of fused-ring (bicyclic) bond motifs is 2. The van der Waals surface area contributed by atoms with Crippen LogP contribution in [0.5, 0.6) is 11.6 Å². The molecular formula is C24H21ClN4O3. The zero-order chi connectivity index (χ0) is 22.1. The molecule has 0 unspecified atom stereocenters. The molecule has 0 radical (unpaired) electrons. The molecule has 5 rings (SSSR count). The number of rotatable bonds is 3. The third-order valence-electron chi connectivity index (χ3n) is 5.71. The Morgan fingerprint density at radius 2 is 1.78 bits per heavy atom. The molecule has 0 bridgehead atoms. The number of halogens is 1. The number of pyridine rings is 1. The lowest BCUT2D eigenvalue weighted by Gasteiger charge is -2.37. The van der Waals surface area contributed by atoms with E-state index in [2.05, 4.69) is 22.0 Å². The summed E-state index contributed by atoms with van der Waals surface area (Å²) in [7, 11) is 0. The lowest BCUT2D eigenvalue weighted by atomic mass is 10.2. The summed E-state index contributed by atoms with van der Waals surface area (Å²) in [6.07, 6.45) is 1.56. The number of aromatic nitrogens is 1. The Bertz CT molecular complexity index is 1160. The number of para-hydroxylation sites is 1. The van der Waals surface area contributed by atoms with Crippen LogP contribution in [0.4, 0.5) is 11.4 Å². The SMILES string of the molecule is O=C(CN1C(=O)c2cccnc2Oc2ccc(Cl)cc21)N1CCN(c2ccccc2)CC1. The number of piperazine rings is 1. The molecule has 1 fully saturated rings. The maximum atomic E-state index is 13.3. The fraction of sp³-hybridized carbons (Fsp3) is 0.208. The summed E-state index contributed by atoms with van der Waals surface area (Å²) >= 11 is 6.20. The fourth-order valence-electron chi connectivity index (χ4n) is 4.03. The van der Waals surface area contributed by atoms with Gasteiger partial charge in [-0.1, -0.05) is 29.8 Å². The van der Waals surface area contributed by atoms with E-state index in [1.807, 2.05) is 18.2 Å². The van der Waals surface area contributed by atoms with Gasteiger partial charge < -0.3 is 14.5 Å². The van der Waals surface area contributed by atoms with E-state index in [1.165, 1.54) is 4.90 Å². The van der Waals surface area contributed by atoms with Gasteiger partial charge in [0, 0.05) is 43.1 Å². The molecule has 3 aromatic rings. The molecule has 0 N–H and O–H groups in total. The highest BCUT2D eigenvalue weighted by Gasteiger charge is 2.32. The number of ether oxygens (including phenoxy) is 1. The summed E-state index contributed by atoms with van der Waals surface area (Å²) in [6.45, 7) is 2.55. The van der Waals surface area contributed by atoms with Crippen molar-refractivity contribution in [1.29, 1.82) is 0 Å². The first-order valence-electron chi connectivity index (χ1n) is 10.4. The van der Waals surface area contributed by atoms with Crippen LogP contribution in [0.25, 0.3) is 0 Å². The Morgan fingerprint density at radius 1 is 1.00 bits per heavy atom. The Morgan fingerprint density at radius 3 is 2.56 bits per heavy atom. The molecular weight excluding hydrogens is 428 g/mol. The van der Waals surface area contributed by atoms with E-state index in [0.717, 1.165) is 18.8 Å². The minimum atomic E-state index is -0.342. The highest BCUT2D eigenvalue weighted by molar-refractivity contribution is 6.31. The topological polar surface area (TPSA) is 66.0 Å². The average molecular weight is 449 g/mol. The number of carbonyl (C=O) groups is 2. The Labute approximate surface area is 190 Å². The normalized spacial score (nSPS) is 15.5. The van der Waals surface area contributed by atoms with Crippen LogP contribution in [0.1, 0.15) is 10.4 Å². The molecule has 0 saturated carbocycles. The molecule has 7 nitrogen and oxygen atoms in total. The van der Waals surface area contributed by atoms with E-state index in [1.54, 1.807) is 41.4 Å². The van der Waals surface area contributed by atoms with Crippen molar-refractivity contribution in [2.75, 3.05) is 42.5 Å². The fourth-order valence-corrected chi connectivity index (χ4v) is 4.19. The molecule has 8 heteroatoms. The molecule has 32 heavy (non-hydrogen) atoms. The van der Waals surface area contributed by atoms with E-state index in [4.69, 9.17) is 16.3 Å². The van der Waals surface area contributed by atoms with Crippen LogP contribution in [-0.4, -0.2) is 54.4 Å². The zero-order valence-corrected chi connectivity index (χ0v) is 18.0. The number of nitrogens with zero attached hydrogens (tertiary/aromatic N) is 4. The van der Waals surface area contributed by atoms with Crippen LogP contribution in [0.2, 0.25) is 5.02 Å². The molecule has 0 spiro atoms. The average Bonchev–Trinajstić information content (AvgIpc) is 2.94. The second-order valence-electron chi connectivity index (χ2n) is 7.66. The number of anilines is 2. The number of hydrogen-bond donors (Lipinski definition) is 0. The maximum absolute atomic E-state index is 13.3. The van der Waals surface area contributed by atoms with Crippen molar-refractivity contribution in [2.45, 2.75) is 0 Å². The number of hydrogen-bond acceptors (Lipinski definition) is 5. The van der Waals surface area contributed by atoms with Crippen molar-refractivity contribution < 1.29 is 14.3 Å². The van der Waals surface area contributed by atoms with Crippen LogP contribution in [0.3, 0.4) is 0 Å². The molecule has 0 aliphatic carbocycles. The number of carbonyl (C=O) groups excluding carboxylic acids is 2. The zero-order valence-electron chi connectivity index (χ0n) is 17.3. The second-order valence-corrected chi connectivity index (χ2v) is 8.10. The molecule has 2 amide bonds. The summed E-state index contributed by atoms with van der Waals surface area (Å²) in [5.74, 6) is 0.184. The smallest absolute Gasteiger partial charge is 0.264 e. The van der Waals surface area contributed by atoms with Gasteiger partial charge in [-0.2, -0.15) is 0 Å². The van der Waals surface area contributed by atoms with Crippen LogP contribution >= 0.6 is 11.6 Å². The van der Waals surface area contributed by atoms with Gasteiger partial charge in [0.15, 0.2) is 5.75 Å². The van der Waals surface area contributed by atoms with Crippen LogP contribution in [0, 0.1) is 0 Å². The molecule has 0 atom stereocenters. The minimum absolute atomic E-state index is 0.102. The monoisotopic (exact) mass is 448 g/mol. The van der Waals surface area contributed by atoms with Gasteiger partial charge in [0.1, 0.15) is 12.1 Å². The van der Waals surface area contributed by atoms with Gasteiger partial charge in [0.2, 0.25) is 11.8 Å². The summed E-state index contributed by atoms with van der Waals surface area (Å²) in [6, 6.07) is 18.5. The summed E-state index contributed by atoms with van der Waals surface area (Å²) in [5.41, 5.74) is 1.91. The Balaban J connectivity index is 1.37. The van der Waals surface area contributed by atoms with Crippen molar-refractivity contribution in [3.05, 3.63) is 77.4 Å². The molecule has 162 valence electrons. The van der Waals surface area contributed by atoms with E-state index >= 15 is 0 Å². The van der Waals surface area contributed by atoms with Crippen LogP contribution in [-0.2, 0) is 4.79 Å². The van der Waals surface area contributed by atoms with E-state index in [9.17, 15) is 9.59 Å². The van der Waals surface area contributed by atoms with Crippen LogP contribution in [0.15, 0.2) is 66.9 Å². The van der Waals surface area contributed by atoms with E-state index in [0.29, 0.717) is 35.1 Å². The van der Waals surface area contributed by atoms with Crippen molar-refractivity contribution in [3.63, 3.8) is 0 Å². The maximum Gasteiger partial charge on any atom is 0.264 e. The van der Waals surface area contributed by atoms with Gasteiger partial charge >= 0.3 is 0 Å². The molecule has 1 saturated heterocycles. The lowest BCUT2D eigenvalue weighted by molar-refractivity contribution is -0.129. The highest BCUT2D eigenvalue weighted by atomic mass is 35.5. The largest absolute Gasteiger partial charge is 0.436 e. The molecule has 1 aromatic heterocycles. The molecule has 2 aromatic carbocycles. The van der Waals surface area contributed by atoms with Crippen molar-refractivity contribution in [1.82, 2.24) is 9.88 Å². The standard InChI is InChI=1S/C24H21ClN4O3/c25-17-8-9-21-20(15-17)29(24(31)19-7-4-10-26-23(19)32-21)16-22(30)28-13-11-27(12-14-28)18-5-2-1-3-6-18/h1-10,15H,11-14,16H2. The van der Waals surface area contributed by atoms with Crippen LogP contribution < -0.4 is 14.5 Å². The third-order valence-corrected chi connectivity index (χ3v) is 5.95. The molecule has 2 aliphatic rings. The Hall–Kier alpha value is -3.58. The van der Waals surface area contributed by atoms with E-state index in [-0.39, 0.29) is 24.2 Å². The van der Waals surface area contributed by atoms with Gasteiger partial charge in [-0.3, -0.25) is 14.5 Å². The predicted octanol–water partition coefficient (Wildman–Crippen LogP) is 3.84. The lowest BCUT2D eigenvalue weighted by Crippen LogP contribution is -2.52. The van der Waals surface area contributed by atoms with Crippen molar-refractivity contribution >= 4 is 34.8 Å². The van der Waals surface area contributed by atoms with E-state index < -0.39 is 0 Å². The second kappa shape index (κ2) is 8.51. The molecule has 2 aliphatic heterocycles. The van der Waals surface area contributed by atoms with Gasteiger partial charge in [-0.15, -0.1) is 0 Å². The number of benzene rings is 2. The third kappa shape index (κ3) is 3.87. The summed E-state index contributed by atoms with van der Waals surface area (Å²) in [5, 5.41) is 0.452. The van der Waals surface area contributed by atoms with Gasteiger partial charge in [0.05, 0.1) is 5.69 Å². The quantitative estimate of drug-likeness (QED) is 0.609. The number of amides is 2. The minimum Gasteiger partial charge on any atom is -0.436 e. The first-order chi connectivity index (χ1) is 15.6. The van der Waals surface area contributed by atoms with Crippen molar-refractivity contribution in [2.24, 2.45) is 0 Å². The van der Waals surface area contributed by atoms with Gasteiger partial charge in [-0.25, -0.2) is 4.98 Å². The highest BCUT2D eigenvalue weighted by Crippen LogP contribution is 2.39. The molecule has 3 heterocycles. The summed E-state index contributed by atoms with van der Waals surface area (Å²) in [4.78, 5) is 36.2. The van der Waals surface area contributed by atoms with Crippen molar-refractivity contribution in [3.8, 4) is 11.6 Å². The van der Waals surface area contributed by atoms with Gasteiger partial charge in [0.25, 0.3) is 5.91 Å². The first kappa shape index (κ1) is 20.3. The first-order valence-corrected chi connectivity index (χ1v) is 10.8. The predicted molar refractivity (Wildman–Crippen MR) is 123 cm³/mol. The Kier molecular flexibility index (Phi) is 5.41. The summed E-state index contributed by atoms with van der Waals surface area (Å²) < 4.78 is 5.88. The van der Waals surface area contributed by atoms with Gasteiger partial charge in [-0.05, 0) is 42.5 Å².